The molecule has 0 saturated heterocycles. The van der Waals surface area contributed by atoms with Crippen LogP contribution >= 0.6 is 23.1 Å². The van der Waals surface area contributed by atoms with Gasteiger partial charge >= 0.3 is 0 Å². The molecule has 20 heavy (non-hydrogen) atoms. The highest BCUT2D eigenvalue weighted by molar-refractivity contribution is 7.99. The second-order valence-electron chi connectivity index (χ2n) is 4.35. The highest BCUT2D eigenvalue weighted by Crippen LogP contribution is 2.16. The lowest BCUT2D eigenvalue weighted by Gasteiger charge is -2.16. The maximum Gasteiger partial charge on any atom is 0.272 e. The summed E-state index contributed by atoms with van der Waals surface area (Å²) in [5, 5.41) is 2.68. The molecule has 4 nitrogen and oxygen atoms in total. The van der Waals surface area contributed by atoms with E-state index in [1.165, 1.54) is 0 Å². The van der Waals surface area contributed by atoms with Crippen molar-refractivity contribution in [1.82, 2.24) is 14.9 Å². The summed E-state index contributed by atoms with van der Waals surface area (Å²) in [6.45, 7) is 4.54. The normalized spacial score (nSPS) is 10.6. The van der Waals surface area contributed by atoms with Crippen molar-refractivity contribution in [2.24, 2.45) is 0 Å². The van der Waals surface area contributed by atoms with Gasteiger partial charge in [0.05, 0.1) is 6.54 Å². The Bertz CT molecular complexity index is 584. The van der Waals surface area contributed by atoms with Crippen LogP contribution in [0.4, 0.5) is 0 Å². The fourth-order valence-corrected chi connectivity index (χ4v) is 3.14. The van der Waals surface area contributed by atoms with E-state index in [4.69, 9.17) is 0 Å². The van der Waals surface area contributed by atoms with E-state index in [1.807, 2.05) is 31.4 Å². The maximum atomic E-state index is 12.4. The number of rotatable bonds is 5. The number of aromatic nitrogens is 2. The molecule has 0 atom stereocenters. The molecule has 1 amide bonds. The van der Waals surface area contributed by atoms with Gasteiger partial charge in [-0.05, 0) is 30.2 Å². The van der Waals surface area contributed by atoms with Crippen LogP contribution < -0.4 is 0 Å². The van der Waals surface area contributed by atoms with Gasteiger partial charge in [-0.3, -0.25) is 4.79 Å². The lowest BCUT2D eigenvalue weighted by molar-refractivity contribution is 0.0779. The highest BCUT2D eigenvalue weighted by atomic mass is 32.2. The molecule has 2 rings (SSSR count). The minimum Gasteiger partial charge on any atom is -0.335 e. The quantitative estimate of drug-likeness (QED) is 0.628. The molecule has 0 radical (unpaired) electrons. The van der Waals surface area contributed by atoms with Gasteiger partial charge in [0, 0.05) is 17.6 Å². The molecule has 0 aliphatic carbocycles. The van der Waals surface area contributed by atoms with Gasteiger partial charge in [-0.15, -0.1) is 11.3 Å². The molecule has 0 aliphatic heterocycles. The summed E-state index contributed by atoms with van der Waals surface area (Å²) in [7, 11) is 1.80. The smallest absolute Gasteiger partial charge is 0.272 e. The van der Waals surface area contributed by atoms with Gasteiger partial charge in [0.15, 0.2) is 5.16 Å². The summed E-state index contributed by atoms with van der Waals surface area (Å²) in [6.07, 6.45) is 0. The SMILES string of the molecule is CCSc1nc(C)cc(C(=O)N(C)Cc2cccs2)n1. The molecule has 2 aromatic heterocycles. The molecule has 0 N–H and O–H groups in total. The Hall–Kier alpha value is -1.40. The van der Waals surface area contributed by atoms with E-state index in [9.17, 15) is 4.79 Å². The molecule has 0 aliphatic rings. The van der Waals surface area contributed by atoms with Crippen molar-refractivity contribution in [3.05, 3.63) is 39.8 Å². The number of hydrogen-bond donors (Lipinski definition) is 0. The molecule has 0 bridgehead atoms. The van der Waals surface area contributed by atoms with Crippen molar-refractivity contribution in [3.8, 4) is 0 Å². The van der Waals surface area contributed by atoms with Gasteiger partial charge in [0.25, 0.3) is 5.91 Å². The summed E-state index contributed by atoms with van der Waals surface area (Å²) < 4.78 is 0. The summed E-state index contributed by atoms with van der Waals surface area (Å²) in [5.41, 5.74) is 1.29. The molecule has 0 unspecified atom stereocenters. The fourth-order valence-electron chi connectivity index (χ4n) is 1.75. The number of thioether (sulfide) groups is 1. The van der Waals surface area contributed by atoms with Crippen LogP contribution in [-0.2, 0) is 6.54 Å². The molecular weight excluding hydrogens is 290 g/mol. The van der Waals surface area contributed by atoms with Crippen LogP contribution in [0.15, 0.2) is 28.7 Å². The minimum absolute atomic E-state index is 0.0677. The van der Waals surface area contributed by atoms with Crippen molar-refractivity contribution in [2.75, 3.05) is 12.8 Å². The first-order valence-corrected chi connectivity index (χ1v) is 8.23. The molecule has 2 aromatic rings. The van der Waals surface area contributed by atoms with Gasteiger partial charge in [0.2, 0.25) is 0 Å². The Morgan fingerprint density at radius 2 is 2.25 bits per heavy atom. The van der Waals surface area contributed by atoms with Gasteiger partial charge < -0.3 is 4.90 Å². The number of nitrogens with zero attached hydrogens (tertiary/aromatic N) is 3. The number of carbonyl (C=O) groups is 1. The van der Waals surface area contributed by atoms with E-state index < -0.39 is 0 Å². The second kappa shape index (κ2) is 6.85. The Kier molecular flexibility index (Phi) is 5.14. The number of hydrogen-bond acceptors (Lipinski definition) is 5. The van der Waals surface area contributed by atoms with Crippen molar-refractivity contribution >= 4 is 29.0 Å². The van der Waals surface area contributed by atoms with Crippen LogP contribution in [-0.4, -0.2) is 33.6 Å². The standard InChI is InChI=1S/C14H17N3OS2/c1-4-19-14-15-10(2)8-12(16-14)13(18)17(3)9-11-6-5-7-20-11/h5-8H,4,9H2,1-3H3. The van der Waals surface area contributed by atoms with E-state index >= 15 is 0 Å². The third-order valence-corrected chi connectivity index (χ3v) is 4.24. The van der Waals surface area contributed by atoms with E-state index in [-0.39, 0.29) is 5.91 Å². The second-order valence-corrected chi connectivity index (χ2v) is 6.61. The Balaban J connectivity index is 2.15. The van der Waals surface area contributed by atoms with Crippen molar-refractivity contribution in [3.63, 3.8) is 0 Å². The predicted octanol–water partition coefficient (Wildman–Crippen LogP) is 3.23. The Morgan fingerprint density at radius 1 is 1.45 bits per heavy atom. The monoisotopic (exact) mass is 307 g/mol. The average molecular weight is 307 g/mol. The first-order chi connectivity index (χ1) is 9.60. The molecule has 106 valence electrons. The number of thiophene rings is 1. The summed E-state index contributed by atoms with van der Waals surface area (Å²) in [6, 6.07) is 5.76. The largest absolute Gasteiger partial charge is 0.335 e. The number of aryl methyl sites for hydroxylation is 1. The minimum atomic E-state index is -0.0677. The molecule has 2 heterocycles. The zero-order chi connectivity index (χ0) is 14.5. The lowest BCUT2D eigenvalue weighted by Crippen LogP contribution is -2.27. The Labute approximate surface area is 127 Å². The van der Waals surface area contributed by atoms with Crippen molar-refractivity contribution in [2.45, 2.75) is 25.5 Å². The predicted molar refractivity (Wildman–Crippen MR) is 83.3 cm³/mol. The first-order valence-electron chi connectivity index (χ1n) is 6.36. The van der Waals surface area contributed by atoms with Crippen LogP contribution in [0.1, 0.15) is 28.0 Å². The summed E-state index contributed by atoms with van der Waals surface area (Å²) in [5.74, 6) is 0.823. The number of amides is 1. The molecule has 0 saturated carbocycles. The summed E-state index contributed by atoms with van der Waals surface area (Å²) in [4.78, 5) is 23.9. The zero-order valence-corrected chi connectivity index (χ0v) is 13.4. The van der Waals surface area contributed by atoms with Gasteiger partial charge in [-0.25, -0.2) is 9.97 Å². The first kappa shape index (κ1) is 15.0. The zero-order valence-electron chi connectivity index (χ0n) is 11.8. The third kappa shape index (κ3) is 3.80. The van der Waals surface area contributed by atoms with Crippen LogP contribution in [0.25, 0.3) is 0 Å². The average Bonchev–Trinajstić information content (AvgIpc) is 2.90. The van der Waals surface area contributed by atoms with E-state index in [2.05, 4.69) is 9.97 Å². The fraction of sp³-hybridized carbons (Fsp3) is 0.357. The topological polar surface area (TPSA) is 46.1 Å². The molecule has 0 fully saturated rings. The van der Waals surface area contributed by atoms with Gasteiger partial charge in [-0.2, -0.15) is 0 Å². The molecule has 0 aromatic carbocycles. The van der Waals surface area contributed by atoms with Crippen molar-refractivity contribution < 1.29 is 4.79 Å². The highest BCUT2D eigenvalue weighted by Gasteiger charge is 2.15. The van der Waals surface area contributed by atoms with Crippen molar-refractivity contribution in [1.29, 1.82) is 0 Å². The van der Waals surface area contributed by atoms with Gasteiger partial charge in [0.1, 0.15) is 5.69 Å². The van der Waals surface area contributed by atoms with Gasteiger partial charge in [-0.1, -0.05) is 24.8 Å². The molecule has 0 spiro atoms. The van der Waals surface area contributed by atoms with Crippen LogP contribution in [0.5, 0.6) is 0 Å². The van der Waals surface area contributed by atoms with Crippen LogP contribution in [0, 0.1) is 6.92 Å². The molecular formula is C14H17N3OS2. The molecule has 6 heteroatoms. The third-order valence-electron chi connectivity index (χ3n) is 2.65. The Morgan fingerprint density at radius 3 is 2.90 bits per heavy atom. The maximum absolute atomic E-state index is 12.4. The number of carbonyl (C=O) groups excluding carboxylic acids is 1. The van der Waals surface area contributed by atoms with E-state index in [1.54, 1.807) is 41.1 Å². The lowest BCUT2D eigenvalue weighted by atomic mass is 10.3. The van der Waals surface area contributed by atoms with Crippen LogP contribution in [0.2, 0.25) is 0 Å². The van der Waals surface area contributed by atoms with E-state index in [0.29, 0.717) is 17.4 Å². The van der Waals surface area contributed by atoms with Crippen LogP contribution in [0.3, 0.4) is 0 Å². The van der Waals surface area contributed by atoms with E-state index in [0.717, 1.165) is 16.3 Å². The summed E-state index contributed by atoms with van der Waals surface area (Å²) >= 11 is 3.19.